The van der Waals surface area contributed by atoms with Gasteiger partial charge in [0.05, 0.1) is 39.0 Å². The number of ether oxygens (including phenoxy) is 9. The largest absolute Gasteiger partial charge is 0.508 e. The van der Waals surface area contributed by atoms with E-state index in [1.165, 1.54) is 6.08 Å². The fourth-order valence-corrected chi connectivity index (χ4v) is 12.3. The summed E-state index contributed by atoms with van der Waals surface area (Å²) in [5.74, 6) is -0.954. The van der Waals surface area contributed by atoms with Crippen LogP contribution in [0.4, 0.5) is 9.59 Å². The third-order valence-electron chi connectivity index (χ3n) is 15.4. The molecule has 2 saturated heterocycles. The maximum atomic E-state index is 14.3. The Morgan fingerprint density at radius 1 is 0.808 bits per heavy atom. The number of aliphatic hydroxyl groups excluding tert-OH is 2. The van der Waals surface area contributed by atoms with E-state index >= 15 is 0 Å². The Hall–Kier alpha value is -6.16. The highest BCUT2D eigenvalue weighted by molar-refractivity contribution is 6.74. The molecule has 78 heavy (non-hydrogen) atoms. The van der Waals surface area contributed by atoms with Crippen LogP contribution in [0.2, 0.25) is 18.1 Å². The van der Waals surface area contributed by atoms with Crippen molar-refractivity contribution in [2.45, 2.75) is 152 Å². The first-order valence-corrected chi connectivity index (χ1v) is 29.4. The van der Waals surface area contributed by atoms with Crippen molar-refractivity contribution in [3.05, 3.63) is 155 Å². The van der Waals surface area contributed by atoms with Crippen molar-refractivity contribution >= 4 is 26.5 Å². The van der Waals surface area contributed by atoms with Crippen molar-refractivity contribution in [1.29, 1.82) is 0 Å². The van der Waals surface area contributed by atoms with Crippen LogP contribution in [0.25, 0.3) is 21.6 Å². The number of rotatable bonds is 25. The maximum absolute atomic E-state index is 14.3. The lowest BCUT2D eigenvalue weighted by atomic mass is 9.95. The summed E-state index contributed by atoms with van der Waals surface area (Å²) >= 11 is 0. The summed E-state index contributed by atoms with van der Waals surface area (Å²) in [4.78, 5) is 44.9. The Morgan fingerprint density at radius 2 is 1.41 bits per heavy atom. The van der Waals surface area contributed by atoms with Crippen molar-refractivity contribution in [2.75, 3.05) is 26.4 Å². The highest BCUT2D eigenvalue weighted by Gasteiger charge is 2.55. The van der Waals surface area contributed by atoms with E-state index in [-0.39, 0.29) is 49.7 Å². The summed E-state index contributed by atoms with van der Waals surface area (Å²) in [7, 11) is -2.87. The molecule has 0 aromatic heterocycles. The minimum absolute atomic E-state index is 0.0431. The Bertz CT molecular complexity index is 2610. The van der Waals surface area contributed by atoms with Gasteiger partial charge in [0, 0.05) is 10.8 Å². The molecule has 19 nitrogen and oxygen atoms in total. The van der Waals surface area contributed by atoms with Crippen LogP contribution in [-0.2, 0) is 65.1 Å². The molecule has 2 fully saturated rings. The van der Waals surface area contributed by atoms with Crippen molar-refractivity contribution in [2.24, 2.45) is 11.0 Å². The Morgan fingerprint density at radius 3 is 2.00 bits per heavy atom. The van der Waals surface area contributed by atoms with E-state index in [0.29, 0.717) is 6.42 Å². The van der Waals surface area contributed by atoms with Gasteiger partial charge in [-0.2, -0.15) is 0 Å². The standard InChI is InChI=1S/C58H74N4O15Si/c1-9-29-68-57(67)76-53-49(61-62-59)55(77-78(7,8)58(5,6)36(3)4)74-46(51(53)70-33-38-23-15-12-16-24-38)35-71-54-48(60-56(66)72-34-44-42-27-19-17-25-40(42)41-26-18-20-28-43(41)44)52(50(65)45(31-63)73-54)75-47(64)30-39(10-2)69-32-37-21-13-11-14-22-37/h9,11-28,36,39,44-46,48-55,63,65H,1,10,29-35H2,2-8H3,(H,60,66)/t39-,45?,46?,48?,49?,50+,51+,52-,53-,54-,55+/m1/s1. The molecule has 1 aliphatic carbocycles. The molecule has 7 rings (SSSR count). The zero-order valence-electron chi connectivity index (χ0n) is 45.4. The van der Waals surface area contributed by atoms with Gasteiger partial charge in [0.15, 0.2) is 27.0 Å². The van der Waals surface area contributed by atoms with Gasteiger partial charge in [-0.25, -0.2) is 9.59 Å². The normalized spacial score (nSPS) is 24.4. The van der Waals surface area contributed by atoms with Gasteiger partial charge in [-0.15, -0.1) is 0 Å². The second-order valence-corrected chi connectivity index (χ2v) is 25.5. The molecular weight excluding hydrogens is 1020 g/mol. The molecule has 1 amide bonds. The number of hydrogen-bond donors (Lipinski definition) is 3. The minimum Gasteiger partial charge on any atom is -0.457 e. The van der Waals surface area contributed by atoms with E-state index in [1.54, 1.807) is 0 Å². The molecule has 2 aliphatic heterocycles. The predicted octanol–water partition coefficient (Wildman–Crippen LogP) is 9.64. The highest BCUT2D eigenvalue weighted by atomic mass is 28.4. The molecule has 420 valence electrons. The van der Waals surface area contributed by atoms with Crippen LogP contribution in [0, 0.1) is 5.92 Å². The second kappa shape index (κ2) is 27.6. The smallest absolute Gasteiger partial charge is 0.457 e. The lowest BCUT2D eigenvalue weighted by molar-refractivity contribution is -0.300. The van der Waals surface area contributed by atoms with Gasteiger partial charge < -0.3 is 62.6 Å². The van der Waals surface area contributed by atoms with E-state index in [0.717, 1.165) is 33.4 Å². The lowest BCUT2D eigenvalue weighted by Crippen LogP contribution is -2.67. The molecule has 4 aromatic rings. The first-order valence-electron chi connectivity index (χ1n) is 26.5. The lowest BCUT2D eigenvalue weighted by Gasteiger charge is -2.50. The van der Waals surface area contributed by atoms with Gasteiger partial charge in [-0.1, -0.05) is 162 Å². The number of amides is 1. The number of hydrogen-bond acceptors (Lipinski definition) is 16. The van der Waals surface area contributed by atoms with E-state index < -0.39 is 107 Å². The van der Waals surface area contributed by atoms with Crippen molar-refractivity contribution in [3.63, 3.8) is 0 Å². The molecular formula is C58H74N4O15Si. The first kappa shape index (κ1) is 59.5. The number of carbonyl (C=O) groups excluding carboxylic acids is 3. The maximum Gasteiger partial charge on any atom is 0.508 e. The van der Waals surface area contributed by atoms with Crippen LogP contribution >= 0.6 is 0 Å². The van der Waals surface area contributed by atoms with Gasteiger partial charge in [0.25, 0.3) is 0 Å². The number of fused-ring (bicyclic) bond motifs is 3. The van der Waals surface area contributed by atoms with Crippen LogP contribution in [0.3, 0.4) is 0 Å². The van der Waals surface area contributed by atoms with E-state index in [4.69, 9.17) is 47.1 Å². The number of azide groups is 1. The molecule has 0 radical (unpaired) electrons. The summed E-state index contributed by atoms with van der Waals surface area (Å²) in [6.07, 6.45) is -12.7. The van der Waals surface area contributed by atoms with Crippen LogP contribution in [-0.4, -0.2) is 131 Å². The number of esters is 1. The fourth-order valence-electron chi connectivity index (χ4n) is 9.78. The Balaban J connectivity index is 1.22. The highest BCUT2D eigenvalue weighted by Crippen LogP contribution is 2.47. The van der Waals surface area contributed by atoms with Gasteiger partial charge in [-0.05, 0) is 69.4 Å². The molecule has 0 saturated carbocycles. The molecule has 3 aliphatic rings. The van der Waals surface area contributed by atoms with Crippen molar-refractivity contribution in [1.82, 2.24) is 5.32 Å². The molecule has 0 spiro atoms. The van der Waals surface area contributed by atoms with Crippen LogP contribution in [0.15, 0.2) is 127 Å². The number of nitrogens with one attached hydrogen (secondary N) is 1. The molecule has 4 aromatic carbocycles. The van der Waals surface area contributed by atoms with Crippen LogP contribution in [0.5, 0.6) is 0 Å². The summed E-state index contributed by atoms with van der Waals surface area (Å²) in [5, 5.41) is 29.1. The molecule has 20 heteroatoms. The Labute approximate surface area is 457 Å². The van der Waals surface area contributed by atoms with Gasteiger partial charge in [0.1, 0.15) is 55.8 Å². The SMILES string of the molecule is C=CCOC(=O)O[C@@H]1C(N=[N+]=[N-])[C@H](O[Si](C)(C)C(C)(C)C(C)C)OC(CO[C@@H]2OC(CO)[C@H](O)[C@H](OC(=O)C[C@@H](CC)OCc3ccccc3)C2NC(=O)OCC2c3ccccc3-c3ccccc32)[C@@H]1OCc1ccccc1. The summed E-state index contributed by atoms with van der Waals surface area (Å²) in [5.41, 5.74) is 15.7. The zero-order chi connectivity index (χ0) is 56.0. The molecule has 4 unspecified atom stereocenters. The summed E-state index contributed by atoms with van der Waals surface area (Å²) in [6, 6.07) is 31.5. The molecule has 0 bridgehead atoms. The topological polar surface area (TPSA) is 245 Å². The van der Waals surface area contributed by atoms with Gasteiger partial charge >= 0.3 is 18.2 Å². The number of carbonyl (C=O) groups is 3. The zero-order valence-corrected chi connectivity index (χ0v) is 46.4. The third-order valence-corrected chi connectivity index (χ3v) is 19.9. The van der Waals surface area contributed by atoms with Crippen LogP contribution < -0.4 is 5.32 Å². The number of nitrogens with zero attached hydrogens (tertiary/aromatic N) is 3. The summed E-state index contributed by atoms with van der Waals surface area (Å²) in [6.45, 7) is 16.5. The number of alkyl carbamates (subject to hydrolysis) is 1. The van der Waals surface area contributed by atoms with E-state index in [9.17, 15) is 30.1 Å². The van der Waals surface area contributed by atoms with E-state index in [2.05, 4.69) is 49.6 Å². The Kier molecular flexibility index (Phi) is 21.1. The fraction of sp³-hybridized carbons (Fsp3) is 0.500. The quantitative estimate of drug-likeness (QED) is 0.0106. The predicted molar refractivity (Wildman–Crippen MR) is 290 cm³/mol. The average molecular weight is 1100 g/mol. The van der Waals surface area contributed by atoms with Crippen molar-refractivity contribution < 1.29 is 71.7 Å². The van der Waals surface area contributed by atoms with E-state index in [1.807, 2.05) is 129 Å². The molecule has 3 N–H and O–H groups in total. The van der Waals surface area contributed by atoms with Crippen molar-refractivity contribution in [3.8, 4) is 11.1 Å². The van der Waals surface area contributed by atoms with Crippen LogP contribution in [0.1, 0.15) is 75.6 Å². The van der Waals surface area contributed by atoms with Gasteiger partial charge in [0.2, 0.25) is 0 Å². The monoisotopic (exact) mass is 1090 g/mol. The molecule has 11 atom stereocenters. The molecule has 2 heterocycles. The summed E-state index contributed by atoms with van der Waals surface area (Å²) < 4.78 is 62.6. The number of aliphatic hydroxyl groups is 2. The van der Waals surface area contributed by atoms with Gasteiger partial charge in [-0.3, -0.25) is 4.79 Å². The second-order valence-electron chi connectivity index (χ2n) is 21.0. The number of benzene rings is 4. The first-order chi connectivity index (χ1) is 37.5. The minimum atomic E-state index is -2.87. The third kappa shape index (κ3) is 14.5. The average Bonchev–Trinajstić information content (AvgIpc) is 3.91.